The lowest BCUT2D eigenvalue weighted by Gasteiger charge is -2.22. The van der Waals surface area contributed by atoms with E-state index >= 15 is 0 Å². The maximum atomic E-state index is 12.3. The number of nitro benzene ring substituents is 1. The molecule has 1 amide bonds. The van der Waals surface area contributed by atoms with Gasteiger partial charge in [0.15, 0.2) is 0 Å². The summed E-state index contributed by atoms with van der Waals surface area (Å²) in [4.78, 5) is 28.2. The van der Waals surface area contributed by atoms with Gasteiger partial charge in [-0.05, 0) is 42.1 Å². The van der Waals surface area contributed by atoms with Crippen molar-refractivity contribution in [2.75, 3.05) is 6.54 Å². The first-order chi connectivity index (χ1) is 11.1. The first kappa shape index (κ1) is 15.3. The van der Waals surface area contributed by atoms with Crippen LogP contribution in [0.4, 0.5) is 10.5 Å². The lowest BCUT2D eigenvalue weighted by Crippen LogP contribution is -2.31. The van der Waals surface area contributed by atoms with Crippen LogP contribution in [0.3, 0.4) is 0 Å². The number of non-ortho nitro benzene ring substituents is 1. The van der Waals surface area contributed by atoms with Gasteiger partial charge in [-0.15, -0.1) is 0 Å². The average Bonchev–Trinajstić information content (AvgIpc) is 3.23. The Morgan fingerprint density at radius 1 is 1.43 bits per heavy atom. The van der Waals surface area contributed by atoms with Gasteiger partial charge in [0.05, 0.1) is 11.0 Å². The molecule has 1 atom stereocenters. The molecule has 8 nitrogen and oxygen atoms in total. The van der Waals surface area contributed by atoms with Gasteiger partial charge in [0, 0.05) is 18.7 Å². The maximum absolute atomic E-state index is 12.3. The van der Waals surface area contributed by atoms with Gasteiger partial charge in [0.2, 0.25) is 0 Å². The largest absolute Gasteiger partial charge is 0.445 e. The van der Waals surface area contributed by atoms with Crippen molar-refractivity contribution in [3.05, 3.63) is 51.3 Å². The molecule has 23 heavy (non-hydrogen) atoms. The van der Waals surface area contributed by atoms with Gasteiger partial charge in [-0.1, -0.05) is 0 Å². The Morgan fingerprint density at radius 2 is 2.22 bits per heavy atom. The lowest BCUT2D eigenvalue weighted by molar-refractivity contribution is -0.384. The Balaban J connectivity index is 1.59. The molecule has 1 aliphatic heterocycles. The minimum Gasteiger partial charge on any atom is -0.445 e. The van der Waals surface area contributed by atoms with Crippen molar-refractivity contribution < 1.29 is 14.5 Å². The summed E-state index contributed by atoms with van der Waals surface area (Å²) in [6.45, 7) is 0.708. The number of benzene rings is 1. The molecule has 0 saturated carbocycles. The molecule has 0 bridgehead atoms. The van der Waals surface area contributed by atoms with E-state index in [-0.39, 0.29) is 18.3 Å². The van der Waals surface area contributed by atoms with Crippen LogP contribution in [0.5, 0.6) is 0 Å². The van der Waals surface area contributed by atoms with E-state index in [9.17, 15) is 14.9 Å². The number of likely N-dealkylation sites (tertiary alicyclic amines) is 1. The van der Waals surface area contributed by atoms with E-state index in [2.05, 4.69) is 9.36 Å². The van der Waals surface area contributed by atoms with E-state index in [0.717, 1.165) is 17.8 Å². The second-order valence-corrected chi connectivity index (χ2v) is 5.92. The first-order valence-electron chi connectivity index (χ1n) is 7.08. The highest BCUT2D eigenvalue weighted by molar-refractivity contribution is 7.05. The molecule has 9 heteroatoms. The van der Waals surface area contributed by atoms with Crippen LogP contribution in [0.1, 0.15) is 29.5 Å². The first-order valence-corrected chi connectivity index (χ1v) is 7.86. The van der Waals surface area contributed by atoms with Crippen LogP contribution in [0.25, 0.3) is 0 Å². The second-order valence-electron chi connectivity index (χ2n) is 5.11. The number of ether oxygens (including phenoxy) is 1. The maximum Gasteiger partial charge on any atom is 0.410 e. The fraction of sp³-hybridized carbons (Fsp3) is 0.357. The minimum atomic E-state index is -0.466. The smallest absolute Gasteiger partial charge is 0.410 e. The van der Waals surface area contributed by atoms with Crippen LogP contribution in [-0.4, -0.2) is 31.8 Å². The van der Waals surface area contributed by atoms with E-state index in [1.165, 1.54) is 30.0 Å². The van der Waals surface area contributed by atoms with Gasteiger partial charge in [-0.3, -0.25) is 15.0 Å². The molecule has 2 aromatic rings. The van der Waals surface area contributed by atoms with Crippen LogP contribution in [0.2, 0.25) is 0 Å². The number of hydrogen-bond acceptors (Lipinski definition) is 7. The second kappa shape index (κ2) is 6.69. The van der Waals surface area contributed by atoms with E-state index in [0.29, 0.717) is 12.1 Å². The highest BCUT2D eigenvalue weighted by atomic mass is 32.1. The predicted molar refractivity (Wildman–Crippen MR) is 81.9 cm³/mol. The van der Waals surface area contributed by atoms with Crippen LogP contribution < -0.4 is 0 Å². The zero-order chi connectivity index (χ0) is 16.2. The van der Waals surface area contributed by atoms with Gasteiger partial charge in [0.1, 0.15) is 17.9 Å². The summed E-state index contributed by atoms with van der Waals surface area (Å²) >= 11 is 1.29. The number of rotatable bonds is 4. The molecule has 1 fully saturated rings. The quantitative estimate of drug-likeness (QED) is 0.630. The highest BCUT2D eigenvalue weighted by Crippen LogP contribution is 2.32. The van der Waals surface area contributed by atoms with Crippen LogP contribution in [0.15, 0.2) is 30.6 Å². The van der Waals surface area contributed by atoms with Crippen molar-refractivity contribution in [2.45, 2.75) is 25.5 Å². The highest BCUT2D eigenvalue weighted by Gasteiger charge is 2.33. The molecule has 0 radical (unpaired) electrons. The van der Waals surface area contributed by atoms with Gasteiger partial charge in [0.25, 0.3) is 5.69 Å². The molecule has 1 saturated heterocycles. The number of nitro groups is 1. The third-order valence-electron chi connectivity index (χ3n) is 3.66. The predicted octanol–water partition coefficient (Wildman–Crippen LogP) is 2.92. The zero-order valence-electron chi connectivity index (χ0n) is 12.1. The molecule has 120 valence electrons. The van der Waals surface area contributed by atoms with Crippen molar-refractivity contribution in [3.8, 4) is 0 Å². The Kier molecular flexibility index (Phi) is 4.47. The van der Waals surface area contributed by atoms with Crippen LogP contribution >= 0.6 is 11.5 Å². The Hall–Kier alpha value is -2.55. The molecule has 2 heterocycles. The Labute approximate surface area is 136 Å². The van der Waals surface area contributed by atoms with Gasteiger partial charge in [-0.25, -0.2) is 9.78 Å². The third-order valence-corrected chi connectivity index (χ3v) is 4.42. The van der Waals surface area contributed by atoms with Gasteiger partial charge in [-0.2, -0.15) is 4.37 Å². The van der Waals surface area contributed by atoms with Gasteiger partial charge < -0.3 is 4.74 Å². The zero-order valence-corrected chi connectivity index (χ0v) is 12.9. The molecule has 1 aromatic heterocycles. The van der Waals surface area contributed by atoms with E-state index in [4.69, 9.17) is 4.74 Å². The third kappa shape index (κ3) is 3.45. The van der Waals surface area contributed by atoms with Crippen molar-refractivity contribution in [2.24, 2.45) is 0 Å². The Bertz CT molecular complexity index is 689. The summed E-state index contributed by atoms with van der Waals surface area (Å²) in [5, 5.41) is 11.4. The summed E-state index contributed by atoms with van der Waals surface area (Å²) < 4.78 is 9.29. The number of amides is 1. The molecular formula is C14H14N4O4S. The number of nitrogens with zero attached hydrogens (tertiary/aromatic N) is 4. The van der Waals surface area contributed by atoms with Crippen molar-refractivity contribution >= 4 is 23.3 Å². The monoisotopic (exact) mass is 334 g/mol. The number of carbonyl (C=O) groups excluding carboxylic acids is 1. The fourth-order valence-electron chi connectivity index (χ4n) is 2.51. The fourth-order valence-corrected chi connectivity index (χ4v) is 3.18. The van der Waals surface area contributed by atoms with Gasteiger partial charge >= 0.3 is 6.09 Å². The molecule has 3 rings (SSSR count). The molecule has 1 unspecified atom stereocenters. The summed E-state index contributed by atoms with van der Waals surface area (Å²) in [5.41, 5.74) is 0.714. The van der Waals surface area contributed by atoms with Crippen LogP contribution in [-0.2, 0) is 11.3 Å². The summed E-state index contributed by atoms with van der Waals surface area (Å²) in [6.07, 6.45) is 2.83. The van der Waals surface area contributed by atoms with E-state index in [1.54, 1.807) is 17.0 Å². The lowest BCUT2D eigenvalue weighted by atomic mass is 10.2. The standard InChI is InChI=1S/C14H14N4O4S/c19-14(17-7-1-2-12(17)13-15-9-16-23-13)22-8-10-3-5-11(6-4-10)18(20)21/h3-6,9,12H,1-2,7-8H2. The Morgan fingerprint density at radius 3 is 2.87 bits per heavy atom. The number of hydrogen-bond donors (Lipinski definition) is 0. The molecule has 0 spiro atoms. The SMILES string of the molecule is O=C(OCc1ccc([N+](=O)[O-])cc1)N1CCCC1c1ncns1. The van der Waals surface area contributed by atoms with E-state index < -0.39 is 11.0 Å². The molecule has 1 aromatic carbocycles. The summed E-state index contributed by atoms with van der Waals surface area (Å²) in [6, 6.07) is 5.87. The van der Waals surface area contributed by atoms with Crippen LogP contribution in [0, 0.1) is 10.1 Å². The summed E-state index contributed by atoms with van der Waals surface area (Å²) in [5.74, 6) is 0. The number of carbonyl (C=O) groups is 1. The van der Waals surface area contributed by atoms with Crippen molar-refractivity contribution in [1.29, 1.82) is 0 Å². The topological polar surface area (TPSA) is 98.5 Å². The van der Waals surface area contributed by atoms with E-state index in [1.807, 2.05) is 0 Å². The van der Waals surface area contributed by atoms with Crippen molar-refractivity contribution in [3.63, 3.8) is 0 Å². The molecule has 0 aliphatic carbocycles. The number of aromatic nitrogens is 2. The summed E-state index contributed by atoms with van der Waals surface area (Å²) in [7, 11) is 0. The molecule has 1 aliphatic rings. The van der Waals surface area contributed by atoms with Crippen molar-refractivity contribution in [1.82, 2.24) is 14.3 Å². The molecular weight excluding hydrogens is 320 g/mol. The average molecular weight is 334 g/mol. The minimum absolute atomic E-state index is 0.0101. The molecule has 0 N–H and O–H groups in total. The normalized spacial score (nSPS) is 17.2.